The molecular formula is C9H15N5. The Morgan fingerprint density at radius 3 is 3.21 bits per heavy atom. The highest BCUT2D eigenvalue weighted by atomic mass is 15.2. The second kappa shape index (κ2) is 3.89. The van der Waals surface area contributed by atoms with Gasteiger partial charge < -0.3 is 11.1 Å². The van der Waals surface area contributed by atoms with Crippen LogP contribution in [0.5, 0.6) is 0 Å². The molecule has 1 aromatic heterocycles. The van der Waals surface area contributed by atoms with Gasteiger partial charge in [0.15, 0.2) is 0 Å². The molecule has 14 heavy (non-hydrogen) atoms. The van der Waals surface area contributed by atoms with Gasteiger partial charge in [-0.2, -0.15) is 0 Å². The SMILES string of the molecule is CN1CCNCC1c1ccnc(N)n1. The Bertz CT molecular complexity index is 314. The fraction of sp³-hybridized carbons (Fsp3) is 0.556. The number of likely N-dealkylation sites (N-methyl/N-ethyl adjacent to an activating group) is 1. The van der Waals surface area contributed by atoms with Crippen LogP contribution >= 0.6 is 0 Å². The van der Waals surface area contributed by atoms with Gasteiger partial charge >= 0.3 is 0 Å². The molecule has 0 radical (unpaired) electrons. The van der Waals surface area contributed by atoms with Crippen molar-refractivity contribution in [2.75, 3.05) is 32.4 Å². The van der Waals surface area contributed by atoms with E-state index in [0.29, 0.717) is 12.0 Å². The molecule has 0 amide bonds. The Balaban J connectivity index is 2.20. The first-order chi connectivity index (χ1) is 6.77. The fourth-order valence-electron chi connectivity index (χ4n) is 1.71. The van der Waals surface area contributed by atoms with Crippen LogP contribution in [-0.2, 0) is 0 Å². The maximum Gasteiger partial charge on any atom is 0.220 e. The monoisotopic (exact) mass is 193 g/mol. The molecule has 1 aliphatic rings. The normalized spacial score (nSPS) is 23.6. The molecule has 0 aliphatic carbocycles. The lowest BCUT2D eigenvalue weighted by Gasteiger charge is -2.32. The van der Waals surface area contributed by atoms with E-state index < -0.39 is 0 Å². The van der Waals surface area contributed by atoms with E-state index in [-0.39, 0.29) is 0 Å². The van der Waals surface area contributed by atoms with Gasteiger partial charge in [0.05, 0.1) is 11.7 Å². The number of nitrogens with zero attached hydrogens (tertiary/aromatic N) is 3. The van der Waals surface area contributed by atoms with Crippen molar-refractivity contribution in [3.8, 4) is 0 Å². The highest BCUT2D eigenvalue weighted by Crippen LogP contribution is 2.18. The van der Waals surface area contributed by atoms with Crippen LogP contribution in [0.1, 0.15) is 11.7 Å². The summed E-state index contributed by atoms with van der Waals surface area (Å²) in [6.07, 6.45) is 1.71. The molecule has 1 aromatic rings. The van der Waals surface area contributed by atoms with Crippen LogP contribution in [-0.4, -0.2) is 41.5 Å². The summed E-state index contributed by atoms with van der Waals surface area (Å²) < 4.78 is 0. The Hall–Kier alpha value is -1.20. The Morgan fingerprint density at radius 2 is 2.50 bits per heavy atom. The summed E-state index contributed by atoms with van der Waals surface area (Å²) >= 11 is 0. The summed E-state index contributed by atoms with van der Waals surface area (Å²) in [5, 5.41) is 3.34. The van der Waals surface area contributed by atoms with Crippen LogP contribution in [0.2, 0.25) is 0 Å². The summed E-state index contributed by atoms with van der Waals surface area (Å²) in [5.41, 5.74) is 6.54. The average molecular weight is 193 g/mol. The number of nitrogens with one attached hydrogen (secondary N) is 1. The summed E-state index contributed by atoms with van der Waals surface area (Å²) in [7, 11) is 2.10. The fourth-order valence-corrected chi connectivity index (χ4v) is 1.71. The van der Waals surface area contributed by atoms with Gasteiger partial charge in [-0.25, -0.2) is 9.97 Å². The molecule has 0 saturated carbocycles. The van der Waals surface area contributed by atoms with E-state index in [1.54, 1.807) is 6.20 Å². The Morgan fingerprint density at radius 1 is 1.64 bits per heavy atom. The molecule has 1 saturated heterocycles. The summed E-state index contributed by atoms with van der Waals surface area (Å²) in [4.78, 5) is 10.4. The summed E-state index contributed by atoms with van der Waals surface area (Å²) in [5.74, 6) is 0.349. The third kappa shape index (κ3) is 1.83. The lowest BCUT2D eigenvalue weighted by atomic mass is 10.1. The second-order valence-electron chi connectivity index (χ2n) is 3.54. The molecular weight excluding hydrogens is 178 g/mol. The van der Waals surface area contributed by atoms with Gasteiger partial charge in [0.2, 0.25) is 5.95 Å². The third-order valence-electron chi connectivity index (χ3n) is 2.55. The van der Waals surface area contributed by atoms with E-state index >= 15 is 0 Å². The number of nitrogen functional groups attached to an aromatic ring is 1. The Labute approximate surface area is 83.3 Å². The molecule has 2 heterocycles. The van der Waals surface area contributed by atoms with Crippen LogP contribution in [0.25, 0.3) is 0 Å². The highest BCUT2D eigenvalue weighted by Gasteiger charge is 2.21. The van der Waals surface area contributed by atoms with Crippen molar-refractivity contribution in [2.45, 2.75) is 6.04 Å². The van der Waals surface area contributed by atoms with Gasteiger partial charge in [0.1, 0.15) is 0 Å². The highest BCUT2D eigenvalue weighted by molar-refractivity contribution is 5.20. The largest absolute Gasteiger partial charge is 0.368 e. The zero-order valence-corrected chi connectivity index (χ0v) is 8.27. The number of rotatable bonds is 1. The summed E-state index contributed by atoms with van der Waals surface area (Å²) in [6, 6.07) is 2.24. The molecule has 3 N–H and O–H groups in total. The third-order valence-corrected chi connectivity index (χ3v) is 2.55. The predicted octanol–water partition coefficient (Wildman–Crippen LogP) is -0.365. The zero-order chi connectivity index (χ0) is 9.97. The minimum Gasteiger partial charge on any atom is -0.368 e. The first kappa shape index (κ1) is 9.36. The maximum atomic E-state index is 5.55. The molecule has 1 atom stereocenters. The molecule has 0 spiro atoms. The average Bonchev–Trinajstić information content (AvgIpc) is 2.18. The standard InChI is InChI=1S/C9H15N5/c1-14-5-4-11-6-8(14)7-2-3-12-9(10)13-7/h2-3,8,11H,4-6H2,1H3,(H2,10,12,13). The predicted molar refractivity (Wildman–Crippen MR) is 54.7 cm³/mol. The van der Waals surface area contributed by atoms with Crippen molar-refractivity contribution in [2.24, 2.45) is 0 Å². The van der Waals surface area contributed by atoms with Crippen LogP contribution in [0.3, 0.4) is 0 Å². The van der Waals surface area contributed by atoms with Gasteiger partial charge in [0, 0.05) is 25.8 Å². The van der Waals surface area contributed by atoms with Gasteiger partial charge in [-0.1, -0.05) is 0 Å². The van der Waals surface area contributed by atoms with Crippen molar-refractivity contribution in [3.05, 3.63) is 18.0 Å². The first-order valence-corrected chi connectivity index (χ1v) is 4.77. The van der Waals surface area contributed by atoms with Crippen molar-refractivity contribution in [1.82, 2.24) is 20.2 Å². The number of piperazine rings is 1. The first-order valence-electron chi connectivity index (χ1n) is 4.77. The topological polar surface area (TPSA) is 67.1 Å². The molecule has 1 aliphatic heterocycles. The molecule has 1 unspecified atom stereocenters. The zero-order valence-electron chi connectivity index (χ0n) is 8.27. The number of hydrogen-bond acceptors (Lipinski definition) is 5. The molecule has 5 heteroatoms. The lowest BCUT2D eigenvalue weighted by molar-refractivity contribution is 0.198. The van der Waals surface area contributed by atoms with Gasteiger partial charge in [-0.05, 0) is 13.1 Å². The smallest absolute Gasteiger partial charge is 0.220 e. The van der Waals surface area contributed by atoms with Crippen molar-refractivity contribution < 1.29 is 0 Å². The lowest BCUT2D eigenvalue weighted by Crippen LogP contribution is -2.44. The number of nitrogens with two attached hydrogens (primary N) is 1. The van der Waals surface area contributed by atoms with Crippen molar-refractivity contribution in [3.63, 3.8) is 0 Å². The van der Waals surface area contributed by atoms with Crippen LogP contribution < -0.4 is 11.1 Å². The van der Waals surface area contributed by atoms with Crippen molar-refractivity contribution >= 4 is 5.95 Å². The molecule has 2 rings (SSSR count). The quantitative estimate of drug-likeness (QED) is 0.637. The summed E-state index contributed by atoms with van der Waals surface area (Å²) in [6.45, 7) is 3.00. The van der Waals surface area contributed by atoms with Crippen molar-refractivity contribution in [1.29, 1.82) is 0 Å². The Kier molecular flexibility index (Phi) is 2.60. The van der Waals surface area contributed by atoms with E-state index in [1.165, 1.54) is 0 Å². The van der Waals surface area contributed by atoms with Gasteiger partial charge in [-0.15, -0.1) is 0 Å². The number of aromatic nitrogens is 2. The number of anilines is 1. The van der Waals surface area contributed by atoms with E-state index in [0.717, 1.165) is 25.3 Å². The van der Waals surface area contributed by atoms with Crippen LogP contribution in [0.4, 0.5) is 5.95 Å². The van der Waals surface area contributed by atoms with E-state index in [2.05, 4.69) is 27.2 Å². The minimum absolute atomic E-state index is 0.314. The van der Waals surface area contributed by atoms with Crippen LogP contribution in [0, 0.1) is 0 Å². The van der Waals surface area contributed by atoms with E-state index in [9.17, 15) is 0 Å². The maximum absolute atomic E-state index is 5.55. The minimum atomic E-state index is 0.314. The van der Waals surface area contributed by atoms with E-state index in [4.69, 9.17) is 5.73 Å². The molecule has 5 nitrogen and oxygen atoms in total. The molecule has 0 aromatic carbocycles. The van der Waals surface area contributed by atoms with Gasteiger partial charge in [0.25, 0.3) is 0 Å². The molecule has 1 fully saturated rings. The molecule has 76 valence electrons. The number of hydrogen-bond donors (Lipinski definition) is 2. The molecule has 0 bridgehead atoms. The van der Waals surface area contributed by atoms with Crippen LogP contribution in [0.15, 0.2) is 12.3 Å². The van der Waals surface area contributed by atoms with E-state index in [1.807, 2.05) is 6.07 Å². The van der Waals surface area contributed by atoms with Gasteiger partial charge in [-0.3, -0.25) is 4.90 Å². The second-order valence-corrected chi connectivity index (χ2v) is 3.54.